The molecule has 3 nitrogen and oxygen atoms in total. The van der Waals surface area contributed by atoms with Crippen molar-refractivity contribution in [2.24, 2.45) is 0 Å². The lowest BCUT2D eigenvalue weighted by Gasteiger charge is -2.05. The summed E-state index contributed by atoms with van der Waals surface area (Å²) in [5.41, 5.74) is 8.83. The van der Waals surface area contributed by atoms with Crippen LogP contribution in [0.25, 0.3) is 0 Å². The first-order chi connectivity index (χ1) is 9.10. The third kappa shape index (κ3) is 3.41. The van der Waals surface area contributed by atoms with Gasteiger partial charge >= 0.3 is 0 Å². The smallest absolute Gasteiger partial charge is 0.170 e. The SMILES string of the molecule is CCc1ccc(CC(=O)c2cc(N)ccc2Br)nc1. The molecule has 0 atom stereocenters. The molecule has 0 aliphatic heterocycles. The minimum absolute atomic E-state index is 0.0101. The van der Waals surface area contributed by atoms with E-state index in [-0.39, 0.29) is 12.2 Å². The van der Waals surface area contributed by atoms with E-state index < -0.39 is 0 Å². The van der Waals surface area contributed by atoms with Gasteiger partial charge in [-0.05, 0) is 36.2 Å². The van der Waals surface area contributed by atoms with E-state index in [1.54, 1.807) is 18.2 Å². The molecule has 0 radical (unpaired) electrons. The summed E-state index contributed by atoms with van der Waals surface area (Å²) in [6.45, 7) is 2.08. The Morgan fingerprint density at radius 2 is 2.11 bits per heavy atom. The molecule has 1 aromatic heterocycles. The zero-order chi connectivity index (χ0) is 13.8. The van der Waals surface area contributed by atoms with Gasteiger partial charge < -0.3 is 5.73 Å². The quantitative estimate of drug-likeness (QED) is 0.694. The van der Waals surface area contributed by atoms with Crippen molar-refractivity contribution in [1.82, 2.24) is 4.98 Å². The number of carbonyl (C=O) groups is 1. The maximum absolute atomic E-state index is 12.2. The van der Waals surface area contributed by atoms with Crippen LogP contribution in [0.4, 0.5) is 5.69 Å². The Kier molecular flexibility index (Phi) is 4.32. The first kappa shape index (κ1) is 13.7. The van der Waals surface area contributed by atoms with E-state index in [0.717, 1.165) is 16.6 Å². The van der Waals surface area contributed by atoms with Crippen molar-refractivity contribution in [2.75, 3.05) is 5.73 Å². The van der Waals surface area contributed by atoms with E-state index in [2.05, 4.69) is 27.8 Å². The lowest BCUT2D eigenvalue weighted by molar-refractivity contribution is 0.0991. The maximum atomic E-state index is 12.2. The van der Waals surface area contributed by atoms with Gasteiger partial charge in [0.1, 0.15) is 0 Å². The number of hydrogen-bond donors (Lipinski definition) is 1. The van der Waals surface area contributed by atoms with Crippen LogP contribution in [0.1, 0.15) is 28.5 Å². The number of pyridine rings is 1. The zero-order valence-electron chi connectivity index (χ0n) is 10.7. The minimum atomic E-state index is 0.0101. The van der Waals surface area contributed by atoms with Crippen molar-refractivity contribution < 1.29 is 4.79 Å². The Morgan fingerprint density at radius 1 is 1.32 bits per heavy atom. The van der Waals surface area contributed by atoms with E-state index in [1.165, 1.54) is 5.56 Å². The molecule has 98 valence electrons. The Balaban J connectivity index is 2.18. The number of aryl methyl sites for hydroxylation is 1. The molecule has 0 aliphatic carbocycles. The van der Waals surface area contributed by atoms with Crippen molar-refractivity contribution >= 4 is 27.4 Å². The van der Waals surface area contributed by atoms with Crippen LogP contribution in [0.3, 0.4) is 0 Å². The number of benzene rings is 1. The van der Waals surface area contributed by atoms with E-state index >= 15 is 0 Å². The highest BCUT2D eigenvalue weighted by Gasteiger charge is 2.12. The van der Waals surface area contributed by atoms with Gasteiger partial charge in [0.25, 0.3) is 0 Å². The molecule has 2 rings (SSSR count). The summed E-state index contributed by atoms with van der Waals surface area (Å²) in [5, 5.41) is 0. The fourth-order valence-electron chi connectivity index (χ4n) is 1.79. The topological polar surface area (TPSA) is 56.0 Å². The fourth-order valence-corrected chi connectivity index (χ4v) is 2.25. The fraction of sp³-hybridized carbons (Fsp3) is 0.200. The van der Waals surface area contributed by atoms with Crippen LogP contribution in [0.15, 0.2) is 41.0 Å². The van der Waals surface area contributed by atoms with Crippen molar-refractivity contribution in [3.8, 4) is 0 Å². The third-order valence-electron chi connectivity index (χ3n) is 2.93. The molecule has 4 heteroatoms. The number of nitrogens with zero attached hydrogens (tertiary/aromatic N) is 1. The molecule has 2 aromatic rings. The number of aromatic nitrogens is 1. The number of ketones is 1. The third-order valence-corrected chi connectivity index (χ3v) is 3.62. The summed E-state index contributed by atoms with van der Waals surface area (Å²) in [4.78, 5) is 16.5. The first-order valence-corrected chi connectivity index (χ1v) is 6.91. The average Bonchev–Trinajstić information content (AvgIpc) is 2.42. The molecule has 0 unspecified atom stereocenters. The summed E-state index contributed by atoms with van der Waals surface area (Å²) in [6.07, 6.45) is 3.05. The first-order valence-electron chi connectivity index (χ1n) is 6.12. The number of nitrogen functional groups attached to an aromatic ring is 1. The van der Waals surface area contributed by atoms with Crippen LogP contribution in [0, 0.1) is 0 Å². The molecule has 0 amide bonds. The van der Waals surface area contributed by atoms with Gasteiger partial charge in [0, 0.05) is 27.6 Å². The molecule has 19 heavy (non-hydrogen) atoms. The molecule has 1 aromatic carbocycles. The van der Waals surface area contributed by atoms with Gasteiger partial charge in [0.05, 0.1) is 6.42 Å². The molecular formula is C15H15BrN2O. The van der Waals surface area contributed by atoms with Crippen LogP contribution in [0.5, 0.6) is 0 Å². The Hall–Kier alpha value is -1.68. The highest BCUT2D eigenvalue weighted by atomic mass is 79.9. The van der Waals surface area contributed by atoms with Gasteiger partial charge in [-0.1, -0.05) is 28.9 Å². The molecule has 0 saturated heterocycles. The Morgan fingerprint density at radius 3 is 2.74 bits per heavy atom. The van der Waals surface area contributed by atoms with E-state index in [0.29, 0.717) is 11.3 Å². The predicted octanol–water partition coefficient (Wildman–Crippen LogP) is 3.41. The lowest BCUT2D eigenvalue weighted by Crippen LogP contribution is -2.06. The predicted molar refractivity (Wildman–Crippen MR) is 80.2 cm³/mol. The van der Waals surface area contributed by atoms with Crippen LogP contribution in [-0.4, -0.2) is 10.8 Å². The number of hydrogen-bond acceptors (Lipinski definition) is 3. The lowest BCUT2D eigenvalue weighted by atomic mass is 10.1. The van der Waals surface area contributed by atoms with E-state index in [9.17, 15) is 4.79 Å². The average molecular weight is 319 g/mol. The number of Topliss-reactive ketones (excluding diaryl/α,β-unsaturated/α-hetero) is 1. The Bertz CT molecular complexity index is 594. The number of anilines is 1. The standard InChI is InChI=1S/C15H15BrN2O/c1-2-10-3-5-12(18-9-10)8-15(19)13-7-11(17)4-6-14(13)16/h3-7,9H,2,8,17H2,1H3. The van der Waals surface area contributed by atoms with Gasteiger partial charge in [-0.2, -0.15) is 0 Å². The summed E-state index contributed by atoms with van der Waals surface area (Å²) in [6, 6.07) is 9.14. The largest absolute Gasteiger partial charge is 0.399 e. The normalized spacial score (nSPS) is 10.4. The molecule has 0 saturated carbocycles. The van der Waals surface area contributed by atoms with Crippen molar-refractivity contribution in [3.63, 3.8) is 0 Å². The number of carbonyl (C=O) groups excluding carboxylic acids is 1. The number of halogens is 1. The second-order valence-electron chi connectivity index (χ2n) is 4.35. The number of nitrogens with two attached hydrogens (primary N) is 1. The summed E-state index contributed by atoms with van der Waals surface area (Å²) < 4.78 is 0.761. The Labute approximate surface area is 121 Å². The molecule has 0 aliphatic rings. The molecule has 0 fully saturated rings. The van der Waals surface area contributed by atoms with Gasteiger partial charge in [0.15, 0.2) is 5.78 Å². The summed E-state index contributed by atoms with van der Waals surface area (Å²) in [5.74, 6) is 0.0101. The van der Waals surface area contributed by atoms with Gasteiger partial charge in [-0.15, -0.1) is 0 Å². The minimum Gasteiger partial charge on any atom is -0.399 e. The van der Waals surface area contributed by atoms with Crippen LogP contribution in [-0.2, 0) is 12.8 Å². The summed E-state index contributed by atoms with van der Waals surface area (Å²) in [7, 11) is 0. The van der Waals surface area contributed by atoms with Gasteiger partial charge in [-0.3, -0.25) is 9.78 Å². The van der Waals surface area contributed by atoms with Crippen molar-refractivity contribution in [2.45, 2.75) is 19.8 Å². The summed E-state index contributed by atoms with van der Waals surface area (Å²) >= 11 is 3.37. The van der Waals surface area contributed by atoms with E-state index in [1.807, 2.05) is 18.3 Å². The monoisotopic (exact) mass is 318 g/mol. The second kappa shape index (κ2) is 5.97. The maximum Gasteiger partial charge on any atom is 0.170 e. The highest BCUT2D eigenvalue weighted by molar-refractivity contribution is 9.10. The zero-order valence-corrected chi connectivity index (χ0v) is 12.3. The molecule has 1 heterocycles. The second-order valence-corrected chi connectivity index (χ2v) is 5.20. The molecule has 0 spiro atoms. The van der Waals surface area contributed by atoms with Crippen LogP contribution < -0.4 is 5.73 Å². The van der Waals surface area contributed by atoms with Gasteiger partial charge in [0.2, 0.25) is 0 Å². The highest BCUT2D eigenvalue weighted by Crippen LogP contribution is 2.21. The molecule has 0 bridgehead atoms. The molecular weight excluding hydrogens is 304 g/mol. The van der Waals surface area contributed by atoms with Crippen molar-refractivity contribution in [3.05, 3.63) is 57.8 Å². The van der Waals surface area contributed by atoms with Gasteiger partial charge in [-0.25, -0.2) is 0 Å². The van der Waals surface area contributed by atoms with Crippen LogP contribution in [0.2, 0.25) is 0 Å². The van der Waals surface area contributed by atoms with Crippen molar-refractivity contribution in [1.29, 1.82) is 0 Å². The number of rotatable bonds is 4. The molecule has 2 N–H and O–H groups in total. The van der Waals surface area contributed by atoms with E-state index in [4.69, 9.17) is 5.73 Å². The van der Waals surface area contributed by atoms with Crippen LogP contribution >= 0.6 is 15.9 Å².